The Labute approximate surface area is 217 Å². The highest BCUT2D eigenvalue weighted by atomic mass is 16.5. The number of hydrogen-bond acceptors (Lipinski definition) is 5. The summed E-state index contributed by atoms with van der Waals surface area (Å²) in [6.07, 6.45) is 1.76. The second kappa shape index (κ2) is 9.76. The number of hydrogen-bond donors (Lipinski definition) is 1. The van der Waals surface area contributed by atoms with Crippen LogP contribution in [0, 0.1) is 6.92 Å². The molecule has 0 spiro atoms. The molecule has 0 saturated carbocycles. The normalized spacial score (nSPS) is 20.8. The monoisotopic (exact) mass is 502 g/mol. The lowest BCUT2D eigenvalue weighted by Gasteiger charge is -2.30. The first-order chi connectivity index (χ1) is 17.7. The first kappa shape index (κ1) is 25.2. The van der Waals surface area contributed by atoms with Gasteiger partial charge in [-0.3, -0.25) is 9.59 Å². The third-order valence-corrected chi connectivity index (χ3v) is 7.45. The highest BCUT2D eigenvalue weighted by molar-refractivity contribution is 6.46. The number of carbonyl (C=O) groups excluding carboxylic acids is 2. The Kier molecular flexibility index (Phi) is 6.64. The molecule has 2 aromatic heterocycles. The summed E-state index contributed by atoms with van der Waals surface area (Å²) in [5, 5.41) is 14.0. The Morgan fingerprint density at radius 3 is 2.49 bits per heavy atom. The number of ketones is 1. The number of fused-ring (bicyclic) bond motifs is 1. The lowest BCUT2D eigenvalue weighted by atomic mass is 9.85. The van der Waals surface area contributed by atoms with Crippen molar-refractivity contribution in [2.75, 3.05) is 39.4 Å². The van der Waals surface area contributed by atoms with Crippen molar-refractivity contribution in [3.05, 3.63) is 76.7 Å². The van der Waals surface area contributed by atoms with Crippen LogP contribution in [-0.4, -0.2) is 65.4 Å². The van der Waals surface area contributed by atoms with Crippen molar-refractivity contribution in [2.24, 2.45) is 0 Å². The van der Waals surface area contributed by atoms with E-state index in [0.29, 0.717) is 43.3 Å². The topological polar surface area (TPSA) is 91.4 Å². The molecule has 2 fully saturated rings. The molecule has 0 aliphatic carbocycles. The minimum atomic E-state index is -0.740. The van der Waals surface area contributed by atoms with Crippen LogP contribution in [0.15, 0.2) is 54.2 Å². The molecular formula is C29H34N4O4. The minimum absolute atomic E-state index is 0.000704. The number of rotatable bonds is 5. The summed E-state index contributed by atoms with van der Waals surface area (Å²) in [4.78, 5) is 34.2. The van der Waals surface area contributed by atoms with Crippen LogP contribution in [0.5, 0.6) is 0 Å². The Morgan fingerprint density at radius 1 is 1.11 bits per heavy atom. The number of nitrogens with one attached hydrogen (secondary N) is 1. The van der Waals surface area contributed by atoms with Crippen LogP contribution in [0.25, 0.3) is 11.4 Å². The van der Waals surface area contributed by atoms with Crippen LogP contribution in [-0.2, 0) is 19.7 Å². The molecule has 8 nitrogen and oxygen atoms in total. The summed E-state index contributed by atoms with van der Waals surface area (Å²) in [5.41, 5.74) is 3.33. The summed E-state index contributed by atoms with van der Waals surface area (Å²) in [6, 6.07) is 12.7. The van der Waals surface area contributed by atoms with Gasteiger partial charge in [0.25, 0.3) is 5.91 Å². The van der Waals surface area contributed by atoms with Crippen LogP contribution in [0.2, 0.25) is 0 Å². The van der Waals surface area contributed by atoms with Gasteiger partial charge in [0.1, 0.15) is 18.7 Å². The maximum atomic E-state index is 14.0. The van der Waals surface area contributed by atoms with E-state index in [0.717, 1.165) is 24.2 Å². The van der Waals surface area contributed by atoms with E-state index >= 15 is 0 Å². The Bertz CT molecular complexity index is 1360. The Morgan fingerprint density at radius 2 is 1.81 bits per heavy atom. The molecule has 37 heavy (non-hydrogen) atoms. The highest BCUT2D eigenvalue weighted by Crippen LogP contribution is 2.39. The molecule has 4 heterocycles. The first-order valence-electron chi connectivity index (χ1n) is 12.9. The van der Waals surface area contributed by atoms with Crippen molar-refractivity contribution < 1.29 is 24.3 Å². The standard InChI is InChI=1S/C29H34N4O4/c1-19-24(32-12-6-5-7-22(32)30-19)26(34)23-25(20-8-10-21(11-9-20)29(2,3)4)33(28(36)27(23)35)14-13-31-15-17-37-18-16-31/h5-12,25,34H,13-18H2,1-4H3/b26-23+. The van der Waals surface area contributed by atoms with Gasteiger partial charge >= 0.3 is 0 Å². The average Bonchev–Trinajstić information content (AvgIpc) is 3.35. The zero-order chi connectivity index (χ0) is 26.3. The molecule has 194 valence electrons. The predicted molar refractivity (Wildman–Crippen MR) is 138 cm³/mol. The maximum Gasteiger partial charge on any atom is 0.295 e. The van der Waals surface area contributed by atoms with Crippen molar-refractivity contribution in [2.45, 2.75) is 39.2 Å². The number of aryl methyl sites for hydroxylation is 1. The van der Waals surface area contributed by atoms with Gasteiger partial charge in [0.15, 0.2) is 0 Å². The molecule has 8 heteroatoms. The molecule has 2 aliphatic rings. The van der Waals surface area contributed by atoms with Crippen LogP contribution >= 0.6 is 0 Å². The molecule has 3 aromatic rings. The van der Waals surface area contributed by atoms with E-state index in [2.05, 4.69) is 25.8 Å². The number of likely N-dealkylation sites (tertiary alicyclic amines) is 1. The second-order valence-corrected chi connectivity index (χ2v) is 10.9. The minimum Gasteiger partial charge on any atom is -0.871 e. The Hall–Kier alpha value is -3.49. The number of Topliss-reactive ketones (excluding diaryl/α,β-unsaturated/α-hetero) is 1. The van der Waals surface area contributed by atoms with Crippen LogP contribution in [0.1, 0.15) is 49.3 Å². The zero-order valence-electron chi connectivity index (χ0n) is 21.9. The fourth-order valence-electron chi connectivity index (χ4n) is 5.32. The number of ether oxygens (including phenoxy) is 1. The molecule has 5 rings (SSSR count). The summed E-state index contributed by atoms with van der Waals surface area (Å²) >= 11 is 0. The predicted octanol–water partition coefficient (Wildman–Crippen LogP) is 1.08. The Balaban J connectivity index is 1.61. The number of pyridine rings is 1. The van der Waals surface area contributed by atoms with Gasteiger partial charge in [0.05, 0.1) is 43.7 Å². The smallest absolute Gasteiger partial charge is 0.295 e. The van der Waals surface area contributed by atoms with Crippen molar-refractivity contribution in [1.29, 1.82) is 0 Å². The lowest BCUT2D eigenvalue weighted by molar-refractivity contribution is -0.907. The largest absolute Gasteiger partial charge is 0.871 e. The third-order valence-electron chi connectivity index (χ3n) is 7.45. The van der Waals surface area contributed by atoms with Gasteiger partial charge < -0.3 is 24.0 Å². The van der Waals surface area contributed by atoms with E-state index in [1.807, 2.05) is 42.5 Å². The van der Waals surface area contributed by atoms with Crippen molar-refractivity contribution in [1.82, 2.24) is 14.3 Å². The molecule has 1 amide bonds. The van der Waals surface area contributed by atoms with Gasteiger partial charge in [-0.1, -0.05) is 56.9 Å². The molecule has 2 saturated heterocycles. The van der Waals surface area contributed by atoms with Crippen LogP contribution in [0.3, 0.4) is 0 Å². The van der Waals surface area contributed by atoms with E-state index in [1.54, 1.807) is 22.4 Å². The van der Waals surface area contributed by atoms with Gasteiger partial charge in [-0.05, 0) is 35.6 Å². The van der Waals surface area contributed by atoms with E-state index in [-0.39, 0.29) is 11.0 Å². The molecule has 2 aliphatic heterocycles. The lowest BCUT2D eigenvalue weighted by Crippen LogP contribution is -3.14. The fraction of sp³-hybridized carbons (Fsp3) is 0.414. The van der Waals surface area contributed by atoms with E-state index in [9.17, 15) is 14.7 Å². The van der Waals surface area contributed by atoms with Gasteiger partial charge in [-0.25, -0.2) is 4.98 Å². The maximum absolute atomic E-state index is 14.0. The molecule has 1 aromatic carbocycles. The number of amides is 1. The van der Waals surface area contributed by atoms with Crippen LogP contribution in [0.4, 0.5) is 0 Å². The quantitative estimate of drug-likeness (QED) is 0.320. The molecule has 0 bridgehead atoms. The highest BCUT2D eigenvalue weighted by Gasteiger charge is 2.45. The van der Waals surface area contributed by atoms with Crippen molar-refractivity contribution in [3.8, 4) is 0 Å². The first-order valence-corrected chi connectivity index (χ1v) is 12.9. The van der Waals surface area contributed by atoms with Gasteiger partial charge in [0.2, 0.25) is 5.78 Å². The van der Waals surface area contributed by atoms with E-state index in [1.165, 1.54) is 4.90 Å². The zero-order valence-corrected chi connectivity index (χ0v) is 21.9. The number of aromatic nitrogens is 2. The molecule has 1 N–H and O–H groups in total. The van der Waals surface area contributed by atoms with Gasteiger partial charge in [0, 0.05) is 11.8 Å². The number of carbonyl (C=O) groups is 2. The summed E-state index contributed by atoms with van der Waals surface area (Å²) in [7, 11) is 0. The fourth-order valence-corrected chi connectivity index (χ4v) is 5.32. The molecule has 1 unspecified atom stereocenters. The SMILES string of the molecule is Cc1nc2ccccn2c1/C([O-])=C1\C(=O)C(=O)N(CC[NH+]2CCOCC2)C1c1ccc(C(C)(C)C)cc1. The molecule has 0 radical (unpaired) electrons. The molecule has 1 atom stereocenters. The summed E-state index contributed by atoms with van der Waals surface area (Å²) < 4.78 is 7.16. The molecular weight excluding hydrogens is 468 g/mol. The van der Waals surface area contributed by atoms with Crippen molar-refractivity contribution in [3.63, 3.8) is 0 Å². The number of quaternary nitrogens is 1. The number of benzene rings is 1. The van der Waals surface area contributed by atoms with E-state index in [4.69, 9.17) is 4.74 Å². The van der Waals surface area contributed by atoms with Gasteiger partial charge in [-0.15, -0.1) is 0 Å². The van der Waals surface area contributed by atoms with Crippen molar-refractivity contribution >= 4 is 23.1 Å². The summed E-state index contributed by atoms with van der Waals surface area (Å²) in [5.74, 6) is -1.79. The number of morpholine rings is 1. The summed E-state index contributed by atoms with van der Waals surface area (Å²) in [6.45, 7) is 12.3. The van der Waals surface area contributed by atoms with Gasteiger partial charge in [-0.2, -0.15) is 0 Å². The van der Waals surface area contributed by atoms with E-state index < -0.39 is 23.5 Å². The second-order valence-electron chi connectivity index (χ2n) is 10.9. The average molecular weight is 503 g/mol. The van der Waals surface area contributed by atoms with Crippen LogP contribution < -0.4 is 10.0 Å². The third kappa shape index (κ3) is 4.67. The number of imidazole rings is 1. The number of nitrogens with zero attached hydrogens (tertiary/aromatic N) is 3.